The van der Waals surface area contributed by atoms with Gasteiger partial charge in [-0.3, -0.25) is 9.69 Å². The number of halogens is 1. The Bertz CT molecular complexity index is 474. The molecule has 0 aromatic heterocycles. The molecule has 1 aromatic rings. The normalized spacial score (nSPS) is 24.5. The van der Waals surface area contributed by atoms with Crippen molar-refractivity contribution in [2.45, 2.75) is 12.5 Å². The van der Waals surface area contributed by atoms with Gasteiger partial charge in [-0.25, -0.2) is 0 Å². The highest BCUT2D eigenvalue weighted by Crippen LogP contribution is 2.33. The van der Waals surface area contributed by atoms with Gasteiger partial charge in [0.15, 0.2) is 0 Å². The second-order valence-electron chi connectivity index (χ2n) is 4.89. The fourth-order valence-electron chi connectivity index (χ4n) is 2.86. The van der Waals surface area contributed by atoms with E-state index < -0.39 is 0 Å². The first-order valence-corrected chi connectivity index (χ1v) is 6.29. The Hall–Kier alpha value is -1.06. The van der Waals surface area contributed by atoms with Crippen molar-refractivity contribution in [2.75, 3.05) is 26.7 Å². The number of hydrogen-bond acceptors (Lipinski definition) is 2. The summed E-state index contributed by atoms with van der Waals surface area (Å²) in [7, 11) is 2.00. The average molecular weight is 251 g/mol. The number of benzene rings is 1. The van der Waals surface area contributed by atoms with Crippen LogP contribution in [0.2, 0.25) is 5.02 Å². The van der Waals surface area contributed by atoms with Crippen molar-refractivity contribution in [3.63, 3.8) is 0 Å². The van der Waals surface area contributed by atoms with Crippen molar-refractivity contribution in [2.24, 2.45) is 0 Å². The molecular weight excluding hydrogens is 236 g/mol. The average Bonchev–Trinajstić information content (AvgIpc) is 2.27. The van der Waals surface area contributed by atoms with Crippen molar-refractivity contribution in [1.29, 1.82) is 0 Å². The van der Waals surface area contributed by atoms with Crippen LogP contribution in [0.4, 0.5) is 0 Å². The molecule has 1 atom stereocenters. The van der Waals surface area contributed by atoms with Gasteiger partial charge in [0.25, 0.3) is 0 Å². The first kappa shape index (κ1) is 11.1. The van der Waals surface area contributed by atoms with E-state index in [2.05, 4.69) is 11.0 Å². The summed E-state index contributed by atoms with van der Waals surface area (Å²) < 4.78 is 0. The second-order valence-corrected chi connectivity index (χ2v) is 5.33. The van der Waals surface area contributed by atoms with Crippen LogP contribution < -0.4 is 0 Å². The largest absolute Gasteiger partial charge is 0.333 e. The third-order valence-electron chi connectivity index (χ3n) is 3.67. The lowest BCUT2D eigenvalue weighted by molar-refractivity contribution is -0.139. The lowest BCUT2D eigenvalue weighted by Gasteiger charge is -2.43. The van der Waals surface area contributed by atoms with E-state index in [0.29, 0.717) is 6.54 Å². The molecule has 1 amide bonds. The summed E-state index contributed by atoms with van der Waals surface area (Å²) in [6.07, 6.45) is 0.918. The number of likely N-dealkylation sites (N-methyl/N-ethyl adjacent to an activating group) is 1. The molecular formula is C13H15ClN2O. The van der Waals surface area contributed by atoms with E-state index in [1.807, 2.05) is 24.1 Å². The van der Waals surface area contributed by atoms with Crippen LogP contribution in [0.1, 0.15) is 17.2 Å². The molecule has 1 aromatic carbocycles. The summed E-state index contributed by atoms with van der Waals surface area (Å²) in [5.74, 6) is 0.240. The summed E-state index contributed by atoms with van der Waals surface area (Å²) in [6, 6.07) is 6.24. The number of carbonyl (C=O) groups excluding carboxylic acids is 1. The highest BCUT2D eigenvalue weighted by molar-refractivity contribution is 6.30. The summed E-state index contributed by atoms with van der Waals surface area (Å²) in [4.78, 5) is 16.1. The Labute approximate surface area is 106 Å². The third kappa shape index (κ3) is 1.83. The predicted octanol–water partition coefficient (Wildman–Crippen LogP) is 1.71. The zero-order valence-corrected chi connectivity index (χ0v) is 10.6. The maximum atomic E-state index is 12.0. The monoisotopic (exact) mass is 250 g/mol. The van der Waals surface area contributed by atoms with Crippen LogP contribution in [-0.2, 0) is 11.2 Å². The Kier molecular flexibility index (Phi) is 2.60. The van der Waals surface area contributed by atoms with E-state index in [-0.39, 0.29) is 11.9 Å². The number of fused-ring (bicyclic) bond motifs is 3. The van der Waals surface area contributed by atoms with Crippen LogP contribution in [0.5, 0.6) is 0 Å². The Balaban J connectivity index is 2.01. The lowest BCUT2D eigenvalue weighted by Crippen LogP contribution is -2.53. The molecule has 1 fully saturated rings. The fraction of sp³-hybridized carbons (Fsp3) is 0.462. The van der Waals surface area contributed by atoms with Gasteiger partial charge >= 0.3 is 0 Å². The van der Waals surface area contributed by atoms with Gasteiger partial charge in [0, 0.05) is 18.1 Å². The quantitative estimate of drug-likeness (QED) is 0.700. The van der Waals surface area contributed by atoms with Crippen LogP contribution in [0.15, 0.2) is 18.2 Å². The summed E-state index contributed by atoms with van der Waals surface area (Å²) >= 11 is 6.02. The van der Waals surface area contributed by atoms with Crippen molar-refractivity contribution < 1.29 is 4.79 Å². The van der Waals surface area contributed by atoms with Crippen molar-refractivity contribution in [1.82, 2.24) is 9.80 Å². The summed E-state index contributed by atoms with van der Waals surface area (Å²) in [5.41, 5.74) is 2.56. The van der Waals surface area contributed by atoms with E-state index >= 15 is 0 Å². The van der Waals surface area contributed by atoms with Crippen molar-refractivity contribution in [3.05, 3.63) is 34.3 Å². The molecule has 0 saturated carbocycles. The van der Waals surface area contributed by atoms with E-state index in [4.69, 9.17) is 11.6 Å². The zero-order chi connectivity index (χ0) is 12.0. The first-order chi connectivity index (χ1) is 8.15. The number of rotatable bonds is 0. The van der Waals surface area contributed by atoms with Crippen LogP contribution in [0.3, 0.4) is 0 Å². The number of nitrogens with zero attached hydrogens (tertiary/aromatic N) is 2. The molecule has 3 rings (SSSR count). The van der Waals surface area contributed by atoms with E-state index in [1.165, 1.54) is 11.1 Å². The topological polar surface area (TPSA) is 23.6 Å². The zero-order valence-electron chi connectivity index (χ0n) is 9.82. The van der Waals surface area contributed by atoms with Gasteiger partial charge < -0.3 is 4.90 Å². The van der Waals surface area contributed by atoms with E-state index in [9.17, 15) is 4.79 Å². The lowest BCUT2D eigenvalue weighted by atomic mass is 9.91. The molecule has 0 bridgehead atoms. The van der Waals surface area contributed by atoms with E-state index in [0.717, 1.165) is 24.5 Å². The number of piperazine rings is 1. The highest BCUT2D eigenvalue weighted by atomic mass is 35.5. The minimum absolute atomic E-state index is 0.210. The van der Waals surface area contributed by atoms with Gasteiger partial charge in [0.1, 0.15) is 0 Å². The summed E-state index contributed by atoms with van der Waals surface area (Å²) in [5, 5.41) is 0.785. The SMILES string of the molecule is CN1CC(=O)N2CCc3cc(Cl)ccc3C2C1. The molecule has 3 nitrogen and oxygen atoms in total. The highest BCUT2D eigenvalue weighted by Gasteiger charge is 2.35. The van der Waals surface area contributed by atoms with Gasteiger partial charge in [-0.1, -0.05) is 17.7 Å². The van der Waals surface area contributed by atoms with Gasteiger partial charge in [0.05, 0.1) is 12.6 Å². The second kappa shape index (κ2) is 4.00. The Morgan fingerprint density at radius 3 is 3.06 bits per heavy atom. The summed E-state index contributed by atoms with van der Waals surface area (Å²) in [6.45, 7) is 2.28. The Morgan fingerprint density at radius 2 is 2.24 bits per heavy atom. The van der Waals surface area contributed by atoms with Crippen LogP contribution in [0.25, 0.3) is 0 Å². The van der Waals surface area contributed by atoms with Gasteiger partial charge in [-0.2, -0.15) is 0 Å². The molecule has 1 saturated heterocycles. The number of amides is 1. The molecule has 17 heavy (non-hydrogen) atoms. The van der Waals surface area contributed by atoms with Gasteiger partial charge in [-0.05, 0) is 36.7 Å². The Morgan fingerprint density at radius 1 is 1.41 bits per heavy atom. The molecule has 90 valence electrons. The molecule has 0 N–H and O–H groups in total. The van der Waals surface area contributed by atoms with Gasteiger partial charge in [0.2, 0.25) is 5.91 Å². The van der Waals surface area contributed by atoms with E-state index in [1.54, 1.807) is 0 Å². The van der Waals surface area contributed by atoms with Crippen molar-refractivity contribution >= 4 is 17.5 Å². The number of carbonyl (C=O) groups is 1. The van der Waals surface area contributed by atoms with Crippen LogP contribution in [0, 0.1) is 0 Å². The predicted molar refractivity (Wildman–Crippen MR) is 67.1 cm³/mol. The maximum Gasteiger partial charge on any atom is 0.237 e. The standard InChI is InChI=1S/C13H15ClN2O/c1-15-7-12-11-3-2-10(14)6-9(11)4-5-16(12)13(17)8-15/h2-3,6,12H,4-5,7-8H2,1H3. The molecule has 2 aliphatic rings. The fourth-order valence-corrected chi connectivity index (χ4v) is 3.05. The smallest absolute Gasteiger partial charge is 0.237 e. The molecule has 4 heteroatoms. The van der Waals surface area contributed by atoms with Gasteiger partial charge in [-0.15, -0.1) is 0 Å². The minimum atomic E-state index is 0.210. The minimum Gasteiger partial charge on any atom is -0.333 e. The maximum absolute atomic E-state index is 12.0. The molecule has 0 aliphatic carbocycles. The first-order valence-electron chi connectivity index (χ1n) is 5.91. The molecule has 1 unspecified atom stereocenters. The number of hydrogen-bond donors (Lipinski definition) is 0. The van der Waals surface area contributed by atoms with Crippen LogP contribution >= 0.6 is 11.6 Å². The van der Waals surface area contributed by atoms with Crippen molar-refractivity contribution in [3.8, 4) is 0 Å². The third-order valence-corrected chi connectivity index (χ3v) is 3.91. The molecule has 0 spiro atoms. The van der Waals surface area contributed by atoms with Crippen LogP contribution in [-0.4, -0.2) is 42.4 Å². The molecule has 2 aliphatic heterocycles. The molecule has 0 radical (unpaired) electrons. The molecule has 2 heterocycles.